The summed E-state index contributed by atoms with van der Waals surface area (Å²) in [6, 6.07) is 3.90. The monoisotopic (exact) mass is 278 g/mol. The van der Waals surface area contributed by atoms with Gasteiger partial charge in [-0.3, -0.25) is 4.79 Å². The standard InChI is InChI=1S/C13H14N2O3S/c16-12(10-3-1-5-17-10)14-7-9-8-18-13(15-9)11-4-2-6-19-11/h2,4,6,8,10H,1,3,5,7H2,(H,14,16). The molecule has 2 aromatic rings. The number of carbonyl (C=O) groups is 1. The first-order chi connectivity index (χ1) is 9.33. The van der Waals surface area contributed by atoms with E-state index in [1.165, 1.54) is 0 Å². The quantitative estimate of drug-likeness (QED) is 0.931. The predicted octanol–water partition coefficient (Wildman–Crippen LogP) is 2.20. The zero-order chi connectivity index (χ0) is 13.1. The lowest BCUT2D eigenvalue weighted by Crippen LogP contribution is -2.33. The fraction of sp³-hybridized carbons (Fsp3) is 0.385. The second-order valence-corrected chi connectivity index (χ2v) is 5.29. The molecule has 0 spiro atoms. The van der Waals surface area contributed by atoms with Crippen molar-refractivity contribution in [3.63, 3.8) is 0 Å². The van der Waals surface area contributed by atoms with Crippen molar-refractivity contribution in [2.75, 3.05) is 6.61 Å². The summed E-state index contributed by atoms with van der Waals surface area (Å²) in [5.74, 6) is 0.523. The highest BCUT2D eigenvalue weighted by Crippen LogP contribution is 2.23. The number of aromatic nitrogens is 1. The van der Waals surface area contributed by atoms with Gasteiger partial charge in [0.25, 0.3) is 0 Å². The molecular weight excluding hydrogens is 264 g/mol. The third-order valence-electron chi connectivity index (χ3n) is 2.95. The fourth-order valence-corrected chi connectivity index (χ4v) is 2.63. The number of carbonyl (C=O) groups excluding carboxylic acids is 1. The normalized spacial score (nSPS) is 18.6. The molecule has 2 aromatic heterocycles. The smallest absolute Gasteiger partial charge is 0.249 e. The molecule has 1 N–H and O–H groups in total. The average Bonchev–Trinajstić information content (AvgIpc) is 3.14. The molecule has 1 aliphatic rings. The molecule has 1 fully saturated rings. The number of nitrogens with one attached hydrogen (secondary N) is 1. The minimum absolute atomic E-state index is 0.0711. The molecule has 1 unspecified atom stereocenters. The molecular formula is C13H14N2O3S. The van der Waals surface area contributed by atoms with E-state index < -0.39 is 0 Å². The molecule has 19 heavy (non-hydrogen) atoms. The fourth-order valence-electron chi connectivity index (χ4n) is 1.98. The summed E-state index contributed by atoms with van der Waals surface area (Å²) in [5.41, 5.74) is 0.717. The second kappa shape index (κ2) is 5.54. The highest BCUT2D eigenvalue weighted by Gasteiger charge is 2.23. The van der Waals surface area contributed by atoms with Crippen LogP contribution in [0.15, 0.2) is 28.2 Å². The van der Waals surface area contributed by atoms with Crippen LogP contribution in [0.4, 0.5) is 0 Å². The van der Waals surface area contributed by atoms with Crippen molar-refractivity contribution in [1.29, 1.82) is 0 Å². The van der Waals surface area contributed by atoms with Gasteiger partial charge < -0.3 is 14.5 Å². The summed E-state index contributed by atoms with van der Waals surface area (Å²) < 4.78 is 10.7. The zero-order valence-corrected chi connectivity index (χ0v) is 11.1. The van der Waals surface area contributed by atoms with Crippen LogP contribution in [0.1, 0.15) is 18.5 Å². The van der Waals surface area contributed by atoms with Gasteiger partial charge in [0.1, 0.15) is 12.4 Å². The maximum absolute atomic E-state index is 11.8. The molecule has 6 heteroatoms. The van der Waals surface area contributed by atoms with Crippen molar-refractivity contribution < 1.29 is 13.9 Å². The van der Waals surface area contributed by atoms with E-state index in [-0.39, 0.29) is 12.0 Å². The van der Waals surface area contributed by atoms with E-state index in [0.29, 0.717) is 19.0 Å². The number of ether oxygens (including phenoxy) is 1. The molecule has 5 nitrogen and oxygen atoms in total. The van der Waals surface area contributed by atoms with E-state index in [4.69, 9.17) is 9.15 Å². The van der Waals surface area contributed by atoms with Crippen molar-refractivity contribution in [2.24, 2.45) is 0 Å². The van der Waals surface area contributed by atoms with Gasteiger partial charge in [-0.15, -0.1) is 11.3 Å². The lowest BCUT2D eigenvalue weighted by atomic mass is 10.2. The number of rotatable bonds is 4. The molecule has 1 amide bonds. The summed E-state index contributed by atoms with van der Waals surface area (Å²) >= 11 is 1.57. The van der Waals surface area contributed by atoms with Crippen molar-refractivity contribution in [1.82, 2.24) is 10.3 Å². The molecule has 1 saturated heterocycles. The van der Waals surface area contributed by atoms with E-state index in [1.54, 1.807) is 17.6 Å². The van der Waals surface area contributed by atoms with E-state index in [0.717, 1.165) is 23.4 Å². The zero-order valence-electron chi connectivity index (χ0n) is 10.3. The Kier molecular flexibility index (Phi) is 3.61. The van der Waals surface area contributed by atoms with Gasteiger partial charge in [0, 0.05) is 6.61 Å². The minimum Gasteiger partial charge on any atom is -0.443 e. The van der Waals surface area contributed by atoms with Gasteiger partial charge in [-0.05, 0) is 24.3 Å². The van der Waals surface area contributed by atoms with Crippen LogP contribution >= 0.6 is 11.3 Å². The SMILES string of the molecule is O=C(NCc1coc(-c2cccs2)n1)C1CCCO1. The minimum atomic E-state index is -0.302. The van der Waals surface area contributed by atoms with Crippen LogP contribution in [0.3, 0.4) is 0 Å². The molecule has 3 rings (SSSR count). The van der Waals surface area contributed by atoms with Crippen LogP contribution in [-0.2, 0) is 16.1 Å². The first kappa shape index (κ1) is 12.4. The number of hydrogen-bond donors (Lipinski definition) is 1. The van der Waals surface area contributed by atoms with Gasteiger partial charge in [-0.1, -0.05) is 6.07 Å². The third kappa shape index (κ3) is 2.85. The second-order valence-electron chi connectivity index (χ2n) is 4.34. The van der Waals surface area contributed by atoms with Crippen molar-refractivity contribution in [3.05, 3.63) is 29.5 Å². The average molecular weight is 278 g/mol. The van der Waals surface area contributed by atoms with E-state index in [1.807, 2.05) is 17.5 Å². The summed E-state index contributed by atoms with van der Waals surface area (Å²) in [4.78, 5) is 17.1. The number of hydrogen-bond acceptors (Lipinski definition) is 5. The molecule has 0 aromatic carbocycles. The Morgan fingerprint density at radius 3 is 3.26 bits per heavy atom. The van der Waals surface area contributed by atoms with E-state index >= 15 is 0 Å². The van der Waals surface area contributed by atoms with Crippen LogP contribution in [0, 0.1) is 0 Å². The van der Waals surface area contributed by atoms with Crippen LogP contribution in [-0.4, -0.2) is 23.6 Å². The molecule has 1 aliphatic heterocycles. The molecule has 1 atom stereocenters. The van der Waals surface area contributed by atoms with Gasteiger partial charge in [0.2, 0.25) is 11.8 Å². The summed E-state index contributed by atoms with van der Waals surface area (Å²) in [6.45, 7) is 1.04. The highest BCUT2D eigenvalue weighted by atomic mass is 32.1. The van der Waals surface area contributed by atoms with Crippen LogP contribution in [0.2, 0.25) is 0 Å². The summed E-state index contributed by atoms with van der Waals surface area (Å²) in [5, 5.41) is 4.79. The molecule has 0 bridgehead atoms. The van der Waals surface area contributed by atoms with Crippen molar-refractivity contribution in [3.8, 4) is 10.8 Å². The first-order valence-electron chi connectivity index (χ1n) is 6.20. The van der Waals surface area contributed by atoms with Gasteiger partial charge in [0.05, 0.1) is 17.1 Å². The number of amides is 1. The van der Waals surface area contributed by atoms with Gasteiger partial charge >= 0.3 is 0 Å². The Bertz CT molecular complexity index is 544. The Morgan fingerprint density at radius 2 is 2.53 bits per heavy atom. The highest BCUT2D eigenvalue weighted by molar-refractivity contribution is 7.13. The van der Waals surface area contributed by atoms with Crippen LogP contribution in [0.5, 0.6) is 0 Å². The molecule has 100 valence electrons. The van der Waals surface area contributed by atoms with Crippen molar-refractivity contribution >= 4 is 17.2 Å². The third-order valence-corrected chi connectivity index (χ3v) is 3.81. The molecule has 3 heterocycles. The maximum Gasteiger partial charge on any atom is 0.249 e. The first-order valence-corrected chi connectivity index (χ1v) is 7.08. The predicted molar refractivity (Wildman–Crippen MR) is 70.6 cm³/mol. The molecule has 0 saturated carbocycles. The number of oxazole rings is 1. The Labute approximate surface area is 114 Å². The van der Waals surface area contributed by atoms with Crippen LogP contribution < -0.4 is 5.32 Å². The van der Waals surface area contributed by atoms with Gasteiger partial charge in [-0.2, -0.15) is 0 Å². The summed E-state index contributed by atoms with van der Waals surface area (Å²) in [6.07, 6.45) is 3.02. The number of thiophene rings is 1. The summed E-state index contributed by atoms with van der Waals surface area (Å²) in [7, 11) is 0. The molecule has 0 aliphatic carbocycles. The Balaban J connectivity index is 1.57. The van der Waals surface area contributed by atoms with Gasteiger partial charge in [-0.25, -0.2) is 4.98 Å². The maximum atomic E-state index is 11.8. The Morgan fingerprint density at radius 1 is 1.58 bits per heavy atom. The molecule has 0 radical (unpaired) electrons. The van der Waals surface area contributed by atoms with Crippen LogP contribution in [0.25, 0.3) is 10.8 Å². The lowest BCUT2D eigenvalue weighted by Gasteiger charge is -2.08. The van der Waals surface area contributed by atoms with Crippen molar-refractivity contribution in [2.45, 2.75) is 25.5 Å². The van der Waals surface area contributed by atoms with E-state index in [2.05, 4.69) is 10.3 Å². The largest absolute Gasteiger partial charge is 0.443 e. The number of nitrogens with zero attached hydrogens (tertiary/aromatic N) is 1. The lowest BCUT2D eigenvalue weighted by molar-refractivity contribution is -0.130. The topological polar surface area (TPSA) is 64.4 Å². The van der Waals surface area contributed by atoms with Gasteiger partial charge in [0.15, 0.2) is 0 Å². The van der Waals surface area contributed by atoms with E-state index in [9.17, 15) is 4.79 Å². The Hall–Kier alpha value is -1.66.